The summed E-state index contributed by atoms with van der Waals surface area (Å²) in [5, 5.41) is 9.60. The Labute approximate surface area is 115 Å². The first kappa shape index (κ1) is 15.0. The average Bonchev–Trinajstić information content (AvgIpc) is 2.28. The second-order valence-electron chi connectivity index (χ2n) is 3.80. The third-order valence-electron chi connectivity index (χ3n) is 2.33. The lowest BCUT2D eigenvalue weighted by Gasteiger charge is -2.07. The minimum Gasteiger partial charge on any atom is -0.370 e. The summed E-state index contributed by atoms with van der Waals surface area (Å²) in [5.74, 6) is -0.00137. The molecule has 0 amide bonds. The first-order valence-electron chi connectivity index (χ1n) is 5.48. The summed E-state index contributed by atoms with van der Waals surface area (Å²) in [6.45, 7) is 0.515. The lowest BCUT2D eigenvalue weighted by molar-refractivity contribution is 0.590. The smallest absolute Gasteiger partial charge is 0.185 e. The second kappa shape index (κ2) is 6.75. The minimum absolute atomic E-state index is 0.0925. The van der Waals surface area contributed by atoms with Crippen LogP contribution >= 0.6 is 15.9 Å². The van der Waals surface area contributed by atoms with E-state index in [2.05, 4.69) is 21.2 Å². The topological polar surface area (TPSA) is 96.0 Å². The van der Waals surface area contributed by atoms with E-state index >= 15 is 0 Å². The van der Waals surface area contributed by atoms with E-state index in [0.29, 0.717) is 28.8 Å². The van der Waals surface area contributed by atoms with Gasteiger partial charge in [-0.15, -0.1) is 0 Å². The van der Waals surface area contributed by atoms with Crippen LogP contribution < -0.4 is 11.1 Å². The predicted octanol–water partition coefficient (Wildman–Crippen LogP) is 1.49. The molecule has 0 fully saturated rings. The number of hydrogen-bond acceptors (Lipinski definition) is 3. The van der Waals surface area contributed by atoms with Crippen molar-refractivity contribution in [2.24, 2.45) is 5.73 Å². The maximum Gasteiger partial charge on any atom is 0.185 e. The number of unbranched alkanes of at least 4 members (excludes halogenated alkanes) is 1. The minimum atomic E-state index is -3.25. The number of sulfone groups is 1. The van der Waals surface area contributed by atoms with Gasteiger partial charge in [0.2, 0.25) is 0 Å². The summed E-state index contributed by atoms with van der Waals surface area (Å²) in [4.78, 5) is 0.324. The largest absolute Gasteiger partial charge is 0.370 e. The van der Waals surface area contributed by atoms with Crippen LogP contribution in [0.25, 0.3) is 0 Å². The molecule has 1 rings (SSSR count). The van der Waals surface area contributed by atoms with Gasteiger partial charge in [0.15, 0.2) is 15.8 Å². The highest BCUT2D eigenvalue weighted by atomic mass is 79.9. The van der Waals surface area contributed by atoms with Crippen LogP contribution in [0, 0.1) is 5.41 Å². The van der Waals surface area contributed by atoms with E-state index in [-0.39, 0.29) is 11.7 Å². The van der Waals surface area contributed by atoms with Crippen molar-refractivity contribution in [1.82, 2.24) is 5.32 Å². The Kier molecular flexibility index (Phi) is 5.61. The summed E-state index contributed by atoms with van der Waals surface area (Å²) in [6.07, 6.45) is 1.19. The van der Waals surface area contributed by atoms with Crippen molar-refractivity contribution in [2.75, 3.05) is 12.3 Å². The van der Waals surface area contributed by atoms with Gasteiger partial charge in [0, 0.05) is 11.0 Å². The van der Waals surface area contributed by atoms with E-state index in [1.54, 1.807) is 24.3 Å². The molecular formula is C11H16BrN3O2S. The number of halogens is 1. The Hall–Kier alpha value is -1.08. The molecule has 1 aromatic rings. The highest BCUT2D eigenvalue weighted by Crippen LogP contribution is 2.22. The fourth-order valence-electron chi connectivity index (χ4n) is 1.45. The third kappa shape index (κ3) is 4.66. The molecule has 100 valence electrons. The Morgan fingerprint density at radius 3 is 2.61 bits per heavy atom. The van der Waals surface area contributed by atoms with Crippen molar-refractivity contribution in [1.29, 1.82) is 5.41 Å². The molecule has 0 radical (unpaired) electrons. The number of nitrogens with two attached hydrogens (primary N) is 1. The molecule has 0 spiro atoms. The summed E-state index contributed by atoms with van der Waals surface area (Å²) < 4.78 is 24.7. The standard InChI is InChI=1S/C11H16BrN3O2S/c12-9-5-1-2-6-10(9)18(16,17)8-4-3-7-15-11(13)14/h1-2,5-6H,3-4,7-8H2,(H4,13,14,15). The molecule has 4 N–H and O–H groups in total. The molecule has 0 atom stereocenters. The molecule has 7 heteroatoms. The number of rotatable bonds is 6. The first-order chi connectivity index (χ1) is 8.43. The van der Waals surface area contributed by atoms with Crippen molar-refractivity contribution >= 4 is 31.7 Å². The Morgan fingerprint density at radius 1 is 1.33 bits per heavy atom. The van der Waals surface area contributed by atoms with Crippen LogP contribution in [0.5, 0.6) is 0 Å². The molecule has 18 heavy (non-hydrogen) atoms. The van der Waals surface area contributed by atoms with Gasteiger partial charge < -0.3 is 11.1 Å². The molecule has 0 aromatic heterocycles. The highest BCUT2D eigenvalue weighted by Gasteiger charge is 2.16. The number of nitrogens with one attached hydrogen (secondary N) is 2. The van der Waals surface area contributed by atoms with Crippen LogP contribution in [-0.4, -0.2) is 26.7 Å². The number of hydrogen-bond donors (Lipinski definition) is 3. The normalized spacial score (nSPS) is 11.2. The van der Waals surface area contributed by atoms with Crippen LogP contribution in [0.15, 0.2) is 33.6 Å². The lowest BCUT2D eigenvalue weighted by Crippen LogP contribution is -2.31. The van der Waals surface area contributed by atoms with Gasteiger partial charge in [-0.3, -0.25) is 5.41 Å². The van der Waals surface area contributed by atoms with E-state index in [0.717, 1.165) is 0 Å². The molecule has 0 aliphatic heterocycles. The quantitative estimate of drug-likeness (QED) is 0.417. The van der Waals surface area contributed by atoms with E-state index in [1.165, 1.54) is 0 Å². The first-order valence-corrected chi connectivity index (χ1v) is 7.93. The van der Waals surface area contributed by atoms with E-state index < -0.39 is 9.84 Å². The van der Waals surface area contributed by atoms with Gasteiger partial charge in [-0.25, -0.2) is 8.42 Å². The zero-order valence-corrected chi connectivity index (χ0v) is 12.2. The summed E-state index contributed by atoms with van der Waals surface area (Å²) in [5.41, 5.74) is 5.12. The van der Waals surface area contributed by atoms with Crippen molar-refractivity contribution in [3.63, 3.8) is 0 Å². The van der Waals surface area contributed by atoms with Crippen LogP contribution in [0.2, 0.25) is 0 Å². The summed E-state index contributed by atoms with van der Waals surface area (Å²) in [6, 6.07) is 6.78. The number of guanidine groups is 1. The van der Waals surface area contributed by atoms with Crippen LogP contribution in [-0.2, 0) is 9.84 Å². The second-order valence-corrected chi connectivity index (χ2v) is 6.73. The van der Waals surface area contributed by atoms with Gasteiger partial charge in [0.1, 0.15) is 0 Å². The molecule has 0 aliphatic carbocycles. The van der Waals surface area contributed by atoms with Crippen molar-refractivity contribution in [2.45, 2.75) is 17.7 Å². The van der Waals surface area contributed by atoms with Gasteiger partial charge in [-0.1, -0.05) is 12.1 Å². The predicted molar refractivity (Wildman–Crippen MR) is 75.3 cm³/mol. The molecule has 0 saturated carbocycles. The van der Waals surface area contributed by atoms with E-state index in [9.17, 15) is 8.42 Å². The Bertz CT molecular complexity index is 517. The summed E-state index contributed by atoms with van der Waals surface area (Å²) in [7, 11) is -3.25. The van der Waals surface area contributed by atoms with Gasteiger partial charge in [0.25, 0.3) is 0 Å². The fraction of sp³-hybridized carbons (Fsp3) is 0.364. The van der Waals surface area contributed by atoms with Crippen molar-refractivity contribution < 1.29 is 8.42 Å². The fourth-order valence-corrected chi connectivity index (χ4v) is 3.93. The van der Waals surface area contributed by atoms with E-state index in [4.69, 9.17) is 11.1 Å². The molecule has 0 saturated heterocycles. The Balaban J connectivity index is 2.51. The zero-order chi connectivity index (χ0) is 13.6. The molecule has 0 aliphatic rings. The lowest BCUT2D eigenvalue weighted by atomic mass is 10.3. The Morgan fingerprint density at radius 2 is 2.00 bits per heavy atom. The van der Waals surface area contributed by atoms with Gasteiger partial charge in [0.05, 0.1) is 10.6 Å². The van der Waals surface area contributed by atoms with Gasteiger partial charge in [-0.2, -0.15) is 0 Å². The average molecular weight is 334 g/mol. The molecule has 0 bridgehead atoms. The summed E-state index contributed by atoms with van der Waals surface area (Å²) >= 11 is 3.24. The van der Waals surface area contributed by atoms with Gasteiger partial charge >= 0.3 is 0 Å². The molecule has 1 aromatic carbocycles. The zero-order valence-electron chi connectivity index (χ0n) is 9.82. The van der Waals surface area contributed by atoms with Crippen molar-refractivity contribution in [3.8, 4) is 0 Å². The molecular weight excluding hydrogens is 318 g/mol. The maximum absolute atomic E-state index is 12.0. The van der Waals surface area contributed by atoms with Crippen LogP contribution in [0.3, 0.4) is 0 Å². The maximum atomic E-state index is 12.0. The monoisotopic (exact) mass is 333 g/mol. The van der Waals surface area contributed by atoms with Gasteiger partial charge in [-0.05, 0) is 40.9 Å². The number of benzene rings is 1. The van der Waals surface area contributed by atoms with Crippen LogP contribution in [0.4, 0.5) is 0 Å². The molecule has 0 unspecified atom stereocenters. The molecule has 0 heterocycles. The SMILES string of the molecule is N=C(N)NCCCCS(=O)(=O)c1ccccc1Br. The van der Waals surface area contributed by atoms with E-state index in [1.807, 2.05) is 0 Å². The van der Waals surface area contributed by atoms with Crippen molar-refractivity contribution in [3.05, 3.63) is 28.7 Å². The third-order valence-corrected chi connectivity index (χ3v) is 5.13. The van der Waals surface area contributed by atoms with Crippen LogP contribution in [0.1, 0.15) is 12.8 Å². The molecule has 5 nitrogen and oxygen atoms in total. The highest BCUT2D eigenvalue weighted by molar-refractivity contribution is 9.10.